The molecule has 0 amide bonds. The maximum absolute atomic E-state index is 6.10. The highest BCUT2D eigenvalue weighted by atomic mass is 79.9. The number of likely N-dealkylation sites (N-methyl/N-ethyl adjacent to an activating group) is 1. The number of rotatable bonds is 3. The van der Waals surface area contributed by atoms with E-state index in [1.165, 1.54) is 17.7 Å². The number of nitrogens with zero attached hydrogens (tertiary/aromatic N) is 2. The van der Waals surface area contributed by atoms with Crippen LogP contribution in [0, 0.1) is 0 Å². The number of hydrogen-bond acceptors (Lipinski definition) is 2. The van der Waals surface area contributed by atoms with E-state index >= 15 is 0 Å². The molecule has 1 aromatic rings. The van der Waals surface area contributed by atoms with Crippen molar-refractivity contribution in [2.45, 2.75) is 17.8 Å². The Labute approximate surface area is 117 Å². The van der Waals surface area contributed by atoms with Gasteiger partial charge >= 0.3 is 0 Å². The van der Waals surface area contributed by atoms with Gasteiger partial charge in [0.25, 0.3) is 0 Å². The number of halogens is 2. The molecule has 4 heteroatoms. The van der Waals surface area contributed by atoms with Crippen molar-refractivity contribution in [2.75, 3.05) is 32.1 Å². The number of hydrogen-bond donors (Lipinski definition) is 0. The second kappa shape index (κ2) is 5.59. The van der Waals surface area contributed by atoms with Crippen molar-refractivity contribution in [3.05, 3.63) is 28.8 Å². The van der Waals surface area contributed by atoms with E-state index in [0.29, 0.717) is 6.04 Å². The average Bonchev–Trinajstić information content (AvgIpc) is 2.78. The zero-order chi connectivity index (χ0) is 12.4. The van der Waals surface area contributed by atoms with Crippen LogP contribution in [0.5, 0.6) is 0 Å². The Morgan fingerprint density at radius 2 is 2.24 bits per heavy atom. The minimum absolute atomic E-state index is 0.650. The first-order valence-corrected chi connectivity index (χ1v) is 7.37. The quantitative estimate of drug-likeness (QED) is 0.789. The zero-order valence-corrected chi connectivity index (χ0v) is 12.6. The number of anilines is 1. The van der Waals surface area contributed by atoms with Crippen LogP contribution in [0.4, 0.5) is 5.69 Å². The molecule has 1 unspecified atom stereocenters. The van der Waals surface area contributed by atoms with Crippen LogP contribution in [-0.4, -0.2) is 38.1 Å². The third-order valence-corrected chi connectivity index (χ3v) is 4.26. The first-order chi connectivity index (χ1) is 8.11. The molecule has 1 fully saturated rings. The molecule has 1 aromatic carbocycles. The monoisotopic (exact) mass is 316 g/mol. The Morgan fingerprint density at radius 1 is 1.47 bits per heavy atom. The summed E-state index contributed by atoms with van der Waals surface area (Å²) in [7, 11) is 4.30. The van der Waals surface area contributed by atoms with Gasteiger partial charge in [0.05, 0.1) is 0 Å². The van der Waals surface area contributed by atoms with Gasteiger partial charge in [-0.15, -0.1) is 0 Å². The molecule has 1 heterocycles. The van der Waals surface area contributed by atoms with Crippen LogP contribution in [0.15, 0.2) is 18.2 Å². The summed E-state index contributed by atoms with van der Waals surface area (Å²) >= 11 is 9.64. The van der Waals surface area contributed by atoms with Gasteiger partial charge in [-0.05, 0) is 38.2 Å². The number of benzene rings is 1. The third kappa shape index (κ3) is 2.95. The molecule has 0 radical (unpaired) electrons. The van der Waals surface area contributed by atoms with Crippen LogP contribution in [0.2, 0.25) is 5.02 Å². The smallest absolute Gasteiger partial charge is 0.0426 e. The fourth-order valence-electron chi connectivity index (χ4n) is 2.33. The Bertz CT molecular complexity index is 395. The summed E-state index contributed by atoms with van der Waals surface area (Å²) in [5, 5.41) is 1.70. The highest BCUT2D eigenvalue weighted by Gasteiger charge is 2.25. The highest BCUT2D eigenvalue weighted by Crippen LogP contribution is 2.30. The summed E-state index contributed by atoms with van der Waals surface area (Å²) in [6.45, 7) is 2.20. The lowest BCUT2D eigenvalue weighted by Gasteiger charge is -2.23. The fourth-order valence-corrected chi connectivity index (χ4v) is 2.97. The Hall–Kier alpha value is -0.250. The van der Waals surface area contributed by atoms with E-state index < -0.39 is 0 Å². The molecule has 1 aliphatic heterocycles. The van der Waals surface area contributed by atoms with Gasteiger partial charge in [-0.25, -0.2) is 0 Å². The van der Waals surface area contributed by atoms with Crippen LogP contribution >= 0.6 is 27.5 Å². The van der Waals surface area contributed by atoms with Crippen molar-refractivity contribution in [1.82, 2.24) is 4.90 Å². The molecule has 0 aromatic heterocycles. The Morgan fingerprint density at radius 3 is 2.82 bits per heavy atom. The predicted molar refractivity (Wildman–Crippen MR) is 78.4 cm³/mol. The second-order valence-electron chi connectivity index (χ2n) is 4.76. The van der Waals surface area contributed by atoms with E-state index in [2.05, 4.69) is 52.0 Å². The molecule has 1 atom stereocenters. The van der Waals surface area contributed by atoms with Crippen LogP contribution in [0.3, 0.4) is 0 Å². The topological polar surface area (TPSA) is 6.48 Å². The van der Waals surface area contributed by atoms with Crippen LogP contribution in [0.1, 0.15) is 12.0 Å². The van der Waals surface area contributed by atoms with Gasteiger partial charge in [0.15, 0.2) is 0 Å². The molecular formula is C13H18BrClN2. The molecule has 0 aliphatic carbocycles. The average molecular weight is 318 g/mol. The molecule has 17 heavy (non-hydrogen) atoms. The molecule has 2 rings (SSSR count). The number of alkyl halides is 1. The molecular weight excluding hydrogens is 300 g/mol. The van der Waals surface area contributed by atoms with Gasteiger partial charge < -0.3 is 9.80 Å². The molecule has 1 saturated heterocycles. The molecule has 94 valence electrons. The minimum Gasteiger partial charge on any atom is -0.370 e. The van der Waals surface area contributed by atoms with Gasteiger partial charge in [0.1, 0.15) is 0 Å². The maximum Gasteiger partial charge on any atom is 0.0426 e. The van der Waals surface area contributed by atoms with Crippen molar-refractivity contribution < 1.29 is 0 Å². The van der Waals surface area contributed by atoms with E-state index in [1.54, 1.807) is 0 Å². The SMILES string of the molecule is CN(C)C1CCN(c2cc(Cl)ccc2CBr)C1. The van der Waals surface area contributed by atoms with Crippen LogP contribution in [-0.2, 0) is 5.33 Å². The van der Waals surface area contributed by atoms with Crippen molar-refractivity contribution >= 4 is 33.2 Å². The normalized spacial score (nSPS) is 20.3. The Balaban J connectivity index is 2.20. The van der Waals surface area contributed by atoms with Crippen molar-refractivity contribution in [3.63, 3.8) is 0 Å². The molecule has 0 spiro atoms. The van der Waals surface area contributed by atoms with Crippen molar-refractivity contribution in [3.8, 4) is 0 Å². The van der Waals surface area contributed by atoms with Crippen molar-refractivity contribution in [2.24, 2.45) is 0 Å². The summed E-state index contributed by atoms with van der Waals surface area (Å²) in [4.78, 5) is 4.74. The molecule has 0 saturated carbocycles. The second-order valence-corrected chi connectivity index (χ2v) is 5.76. The van der Waals surface area contributed by atoms with Crippen LogP contribution in [0.25, 0.3) is 0 Å². The van der Waals surface area contributed by atoms with E-state index in [0.717, 1.165) is 23.4 Å². The molecule has 0 N–H and O–H groups in total. The van der Waals surface area contributed by atoms with Gasteiger partial charge in [0, 0.05) is 35.2 Å². The van der Waals surface area contributed by atoms with Gasteiger partial charge in [0.2, 0.25) is 0 Å². The van der Waals surface area contributed by atoms with Crippen molar-refractivity contribution in [1.29, 1.82) is 0 Å². The highest BCUT2D eigenvalue weighted by molar-refractivity contribution is 9.08. The summed E-state index contributed by atoms with van der Waals surface area (Å²) in [6, 6.07) is 6.80. The van der Waals surface area contributed by atoms with Gasteiger partial charge in [-0.3, -0.25) is 0 Å². The lowest BCUT2D eigenvalue weighted by Crippen LogP contribution is -2.31. The minimum atomic E-state index is 0.650. The van der Waals surface area contributed by atoms with E-state index in [9.17, 15) is 0 Å². The van der Waals surface area contributed by atoms with E-state index in [-0.39, 0.29) is 0 Å². The molecule has 2 nitrogen and oxygen atoms in total. The first kappa shape index (κ1) is 13.2. The molecule has 1 aliphatic rings. The summed E-state index contributed by atoms with van der Waals surface area (Å²) in [5.74, 6) is 0. The standard InChI is InChI=1S/C13H18BrClN2/c1-16(2)12-5-6-17(9-12)13-7-11(15)4-3-10(13)8-14/h3-4,7,12H,5-6,8-9H2,1-2H3. The predicted octanol–water partition coefficient (Wildman–Crippen LogP) is 3.38. The first-order valence-electron chi connectivity index (χ1n) is 5.87. The van der Waals surface area contributed by atoms with E-state index in [4.69, 9.17) is 11.6 Å². The molecule has 0 bridgehead atoms. The summed E-state index contributed by atoms with van der Waals surface area (Å²) in [6.07, 6.45) is 1.22. The largest absolute Gasteiger partial charge is 0.370 e. The summed E-state index contributed by atoms with van der Waals surface area (Å²) < 4.78 is 0. The lowest BCUT2D eigenvalue weighted by atomic mass is 10.2. The zero-order valence-electron chi connectivity index (χ0n) is 10.3. The fraction of sp³-hybridized carbons (Fsp3) is 0.538. The Kier molecular flexibility index (Phi) is 4.34. The van der Waals surface area contributed by atoms with E-state index in [1.807, 2.05) is 6.07 Å². The van der Waals surface area contributed by atoms with Gasteiger partial charge in [-0.1, -0.05) is 33.6 Å². The maximum atomic E-state index is 6.10. The lowest BCUT2D eigenvalue weighted by molar-refractivity contribution is 0.315. The third-order valence-electron chi connectivity index (χ3n) is 3.43. The summed E-state index contributed by atoms with van der Waals surface area (Å²) in [5.41, 5.74) is 2.59. The van der Waals surface area contributed by atoms with Gasteiger partial charge in [-0.2, -0.15) is 0 Å². The van der Waals surface area contributed by atoms with Crippen LogP contribution < -0.4 is 4.90 Å².